The molecule has 0 aliphatic carbocycles. The van der Waals surface area contributed by atoms with Crippen molar-refractivity contribution >= 4 is 22.8 Å². The van der Waals surface area contributed by atoms with E-state index in [1.165, 1.54) is 11.7 Å². The van der Waals surface area contributed by atoms with Gasteiger partial charge in [0.15, 0.2) is 5.65 Å². The predicted octanol–water partition coefficient (Wildman–Crippen LogP) is 0.489. The van der Waals surface area contributed by atoms with Crippen LogP contribution in [-0.2, 0) is 11.3 Å². The van der Waals surface area contributed by atoms with Gasteiger partial charge in [0.2, 0.25) is 0 Å². The maximum absolute atomic E-state index is 11.8. The average Bonchev–Trinajstić information content (AvgIpc) is 2.36. The number of fused-ring (bicyclic) bond motifs is 1. The van der Waals surface area contributed by atoms with E-state index in [-0.39, 0.29) is 17.0 Å². The number of carbonyl (C=O) groups is 1. The van der Waals surface area contributed by atoms with Gasteiger partial charge in [0, 0.05) is 12.2 Å². The molecule has 0 bridgehead atoms. The lowest BCUT2D eigenvalue weighted by atomic mass is 10.1. The highest BCUT2D eigenvalue weighted by molar-refractivity contribution is 6.06. The van der Waals surface area contributed by atoms with Crippen LogP contribution in [0.1, 0.15) is 23.0 Å². The van der Waals surface area contributed by atoms with Gasteiger partial charge in [0.05, 0.1) is 18.1 Å². The third-order valence-electron chi connectivity index (χ3n) is 2.83. The van der Waals surface area contributed by atoms with Crippen molar-refractivity contribution in [3.63, 3.8) is 0 Å². The Kier molecular flexibility index (Phi) is 3.20. The molecule has 7 nitrogen and oxygen atoms in total. The second-order valence-corrected chi connectivity index (χ2v) is 4.03. The Morgan fingerprint density at radius 2 is 2.16 bits per heavy atom. The molecule has 19 heavy (non-hydrogen) atoms. The summed E-state index contributed by atoms with van der Waals surface area (Å²) in [6.07, 6.45) is 0. The average molecular weight is 262 g/mol. The quantitative estimate of drug-likeness (QED) is 0.790. The zero-order chi connectivity index (χ0) is 14.2. The smallest absolute Gasteiger partial charge is 0.351 e. The molecular weight excluding hydrogens is 248 g/mol. The van der Waals surface area contributed by atoms with E-state index in [1.54, 1.807) is 19.9 Å². The van der Waals surface area contributed by atoms with Gasteiger partial charge < -0.3 is 10.5 Å². The number of rotatable bonds is 2. The van der Waals surface area contributed by atoms with Crippen molar-refractivity contribution in [2.75, 3.05) is 12.8 Å². The lowest BCUT2D eigenvalue weighted by molar-refractivity contribution is 0.0602. The second-order valence-electron chi connectivity index (χ2n) is 4.03. The van der Waals surface area contributed by atoms with E-state index in [1.807, 2.05) is 0 Å². The van der Waals surface area contributed by atoms with Crippen LogP contribution in [0.2, 0.25) is 0 Å². The highest BCUT2D eigenvalue weighted by Crippen LogP contribution is 2.22. The number of nitrogen functional groups attached to an aromatic ring is 1. The van der Waals surface area contributed by atoms with Gasteiger partial charge >= 0.3 is 11.7 Å². The van der Waals surface area contributed by atoms with Crippen LogP contribution in [0.25, 0.3) is 11.0 Å². The number of aromatic nitrogens is 3. The normalized spacial score (nSPS) is 10.7. The van der Waals surface area contributed by atoms with E-state index in [0.717, 1.165) is 0 Å². The van der Waals surface area contributed by atoms with Crippen molar-refractivity contribution in [1.29, 1.82) is 0 Å². The van der Waals surface area contributed by atoms with Crippen molar-refractivity contribution in [3.05, 3.63) is 27.8 Å². The van der Waals surface area contributed by atoms with Crippen molar-refractivity contribution in [2.24, 2.45) is 0 Å². The molecule has 0 aromatic carbocycles. The molecule has 0 aliphatic heterocycles. The minimum Gasteiger partial charge on any atom is -0.465 e. The third-order valence-corrected chi connectivity index (χ3v) is 2.83. The summed E-state index contributed by atoms with van der Waals surface area (Å²) in [5.41, 5.74) is 6.45. The van der Waals surface area contributed by atoms with E-state index in [9.17, 15) is 9.59 Å². The van der Waals surface area contributed by atoms with Crippen LogP contribution >= 0.6 is 0 Å². The maximum atomic E-state index is 11.8. The number of carbonyl (C=O) groups excluding carboxylic acids is 1. The lowest BCUT2D eigenvalue weighted by Crippen LogP contribution is -2.26. The number of hydrogen-bond donors (Lipinski definition) is 1. The van der Waals surface area contributed by atoms with Crippen LogP contribution in [0.3, 0.4) is 0 Å². The molecule has 7 heteroatoms. The van der Waals surface area contributed by atoms with Gasteiger partial charge in [-0.25, -0.2) is 14.6 Å². The first kappa shape index (κ1) is 13.0. The number of pyridine rings is 1. The molecule has 0 saturated heterocycles. The van der Waals surface area contributed by atoms with Crippen molar-refractivity contribution < 1.29 is 9.53 Å². The van der Waals surface area contributed by atoms with Crippen LogP contribution in [0.4, 0.5) is 5.82 Å². The van der Waals surface area contributed by atoms with Gasteiger partial charge in [-0.1, -0.05) is 0 Å². The fourth-order valence-electron chi connectivity index (χ4n) is 1.96. The number of ether oxygens (including phenoxy) is 1. The molecule has 2 heterocycles. The zero-order valence-electron chi connectivity index (χ0n) is 10.9. The monoisotopic (exact) mass is 262 g/mol. The largest absolute Gasteiger partial charge is 0.465 e. The number of anilines is 1. The number of methoxy groups -OCH3 is 1. The van der Waals surface area contributed by atoms with Crippen LogP contribution < -0.4 is 11.4 Å². The summed E-state index contributed by atoms with van der Waals surface area (Å²) < 4.78 is 6.00. The minimum absolute atomic E-state index is 0.160. The van der Waals surface area contributed by atoms with E-state index >= 15 is 0 Å². The fourth-order valence-corrected chi connectivity index (χ4v) is 1.96. The van der Waals surface area contributed by atoms with E-state index in [4.69, 9.17) is 10.5 Å². The van der Waals surface area contributed by atoms with Gasteiger partial charge in [-0.05, 0) is 19.9 Å². The van der Waals surface area contributed by atoms with Crippen molar-refractivity contribution in [3.8, 4) is 0 Å². The van der Waals surface area contributed by atoms with E-state index < -0.39 is 11.7 Å². The maximum Gasteiger partial charge on any atom is 0.351 e. The Morgan fingerprint density at radius 3 is 2.74 bits per heavy atom. The van der Waals surface area contributed by atoms with E-state index in [0.29, 0.717) is 17.6 Å². The molecule has 2 rings (SSSR count). The molecule has 0 saturated carbocycles. The molecule has 0 atom stereocenters. The summed E-state index contributed by atoms with van der Waals surface area (Å²) in [5, 5.41) is 0.346. The molecule has 100 valence electrons. The van der Waals surface area contributed by atoms with Crippen LogP contribution in [0.15, 0.2) is 10.9 Å². The SMILES string of the molecule is CCn1c(N)c2c(C(=O)OC)cc(C)nc2nc1=O. The zero-order valence-corrected chi connectivity index (χ0v) is 10.9. The third kappa shape index (κ3) is 2.03. The molecule has 0 aliphatic rings. The summed E-state index contributed by atoms with van der Waals surface area (Å²) in [4.78, 5) is 31.6. The molecule has 0 radical (unpaired) electrons. The summed E-state index contributed by atoms with van der Waals surface area (Å²) in [6.45, 7) is 3.84. The first-order chi connectivity index (χ1) is 8.99. The predicted molar refractivity (Wildman–Crippen MR) is 70.0 cm³/mol. The summed E-state index contributed by atoms with van der Waals surface area (Å²) in [5.74, 6) is -0.365. The van der Waals surface area contributed by atoms with Gasteiger partial charge in [0.25, 0.3) is 0 Å². The summed E-state index contributed by atoms with van der Waals surface area (Å²) in [6, 6.07) is 1.57. The molecule has 0 fully saturated rings. The molecule has 2 aromatic rings. The fraction of sp³-hybridized carbons (Fsp3) is 0.333. The lowest BCUT2D eigenvalue weighted by Gasteiger charge is -2.11. The van der Waals surface area contributed by atoms with Crippen LogP contribution in [-0.4, -0.2) is 27.6 Å². The number of aryl methyl sites for hydroxylation is 1. The molecule has 0 unspecified atom stereocenters. The Hall–Kier alpha value is -2.44. The molecule has 0 amide bonds. The Balaban J connectivity index is 2.97. The second kappa shape index (κ2) is 4.68. The first-order valence-corrected chi connectivity index (χ1v) is 5.75. The Labute approximate surface area is 109 Å². The van der Waals surface area contributed by atoms with Crippen molar-refractivity contribution in [1.82, 2.24) is 14.5 Å². The number of hydrogen-bond acceptors (Lipinski definition) is 6. The Bertz CT molecular complexity index is 721. The standard InChI is InChI=1S/C12H14N4O3/c1-4-16-9(13)8-7(11(17)19-3)5-6(2)14-10(8)15-12(16)18/h5H,4,13H2,1-3H3. The number of esters is 1. The van der Waals surface area contributed by atoms with Crippen LogP contribution in [0, 0.1) is 6.92 Å². The Morgan fingerprint density at radius 1 is 1.47 bits per heavy atom. The van der Waals surface area contributed by atoms with Gasteiger partial charge in [0.1, 0.15) is 5.82 Å². The van der Waals surface area contributed by atoms with Crippen LogP contribution in [0.5, 0.6) is 0 Å². The highest BCUT2D eigenvalue weighted by atomic mass is 16.5. The van der Waals surface area contributed by atoms with Gasteiger partial charge in [-0.3, -0.25) is 4.57 Å². The summed E-state index contributed by atoms with van der Waals surface area (Å²) in [7, 11) is 1.28. The molecule has 2 aromatic heterocycles. The van der Waals surface area contributed by atoms with Gasteiger partial charge in [-0.2, -0.15) is 4.98 Å². The number of nitrogens with two attached hydrogens (primary N) is 1. The molecular formula is C12H14N4O3. The first-order valence-electron chi connectivity index (χ1n) is 5.75. The van der Waals surface area contributed by atoms with E-state index in [2.05, 4.69) is 9.97 Å². The molecule has 0 spiro atoms. The topological polar surface area (TPSA) is 100 Å². The molecule has 2 N–H and O–H groups in total. The number of nitrogens with zero attached hydrogens (tertiary/aromatic N) is 3. The highest BCUT2D eigenvalue weighted by Gasteiger charge is 2.18. The summed E-state index contributed by atoms with van der Waals surface area (Å²) >= 11 is 0. The van der Waals surface area contributed by atoms with Gasteiger partial charge in [-0.15, -0.1) is 0 Å². The minimum atomic E-state index is -0.537. The van der Waals surface area contributed by atoms with Crippen molar-refractivity contribution in [2.45, 2.75) is 20.4 Å².